The Morgan fingerprint density at radius 3 is 2.32 bits per heavy atom. The molecule has 1 saturated heterocycles. The average molecular weight is 471 g/mol. The first-order valence-corrected chi connectivity index (χ1v) is 11.0. The van der Waals surface area contributed by atoms with Gasteiger partial charge in [-0.25, -0.2) is 4.79 Å². The fourth-order valence-electron chi connectivity index (χ4n) is 5.19. The number of nitrogens with one attached hydrogen (secondary N) is 1. The Labute approximate surface area is 195 Å². The smallest absolute Gasteiger partial charge is 0.330 e. The van der Waals surface area contributed by atoms with Crippen LogP contribution >= 0.6 is 0 Å². The lowest BCUT2D eigenvalue weighted by molar-refractivity contribution is -0.383. The van der Waals surface area contributed by atoms with E-state index in [4.69, 9.17) is 9.47 Å². The minimum Gasteiger partial charge on any atom is -0.497 e. The quantitative estimate of drug-likeness (QED) is 0.199. The van der Waals surface area contributed by atoms with Crippen molar-refractivity contribution >= 4 is 35.1 Å². The maximum absolute atomic E-state index is 13.1. The van der Waals surface area contributed by atoms with Crippen LogP contribution in [0.4, 0.5) is 11.4 Å². The summed E-state index contributed by atoms with van der Waals surface area (Å²) >= 11 is 0. The first-order chi connectivity index (χ1) is 16.1. The Kier molecular flexibility index (Phi) is 6.11. The number of carbonyl (C=O) groups is 4. The Bertz CT molecular complexity index is 1070. The second kappa shape index (κ2) is 8.88. The molecule has 2 bridgehead atoms. The van der Waals surface area contributed by atoms with Gasteiger partial charge in [-0.1, -0.05) is 26.0 Å². The van der Waals surface area contributed by atoms with Crippen molar-refractivity contribution in [1.82, 2.24) is 4.90 Å². The van der Waals surface area contributed by atoms with E-state index >= 15 is 0 Å². The summed E-state index contributed by atoms with van der Waals surface area (Å²) in [6, 6.07) is 2.67. The topological polar surface area (TPSA) is 145 Å². The molecule has 2 aliphatic carbocycles. The van der Waals surface area contributed by atoms with Gasteiger partial charge in [0.25, 0.3) is 11.6 Å². The number of nitrogens with zero attached hydrogens (tertiary/aromatic N) is 2. The summed E-state index contributed by atoms with van der Waals surface area (Å²) in [5.41, 5.74) is -0.477. The first kappa shape index (κ1) is 23.4. The number of imide groups is 1. The number of amides is 3. The minimum atomic E-state index is -1.16. The molecule has 2 fully saturated rings. The monoisotopic (exact) mass is 471 g/mol. The maximum Gasteiger partial charge on any atom is 0.330 e. The lowest BCUT2D eigenvalue weighted by atomic mass is 9.85. The van der Waals surface area contributed by atoms with Crippen LogP contribution in [0.2, 0.25) is 0 Å². The van der Waals surface area contributed by atoms with Crippen molar-refractivity contribution in [3.63, 3.8) is 0 Å². The molecule has 0 radical (unpaired) electrons. The van der Waals surface area contributed by atoms with Gasteiger partial charge in [0, 0.05) is 12.1 Å². The van der Waals surface area contributed by atoms with Crippen LogP contribution in [0, 0.1) is 39.7 Å². The molecular weight excluding hydrogens is 446 g/mol. The van der Waals surface area contributed by atoms with Crippen molar-refractivity contribution < 1.29 is 33.6 Å². The van der Waals surface area contributed by atoms with E-state index in [-0.39, 0.29) is 40.8 Å². The molecule has 1 N–H and O–H groups in total. The van der Waals surface area contributed by atoms with Crippen LogP contribution in [-0.4, -0.2) is 53.3 Å². The van der Waals surface area contributed by atoms with Gasteiger partial charge in [-0.15, -0.1) is 0 Å². The molecule has 1 saturated carbocycles. The third-order valence-electron chi connectivity index (χ3n) is 6.68. The lowest BCUT2D eigenvalue weighted by Gasteiger charge is -2.28. The Morgan fingerprint density at radius 2 is 1.79 bits per heavy atom. The summed E-state index contributed by atoms with van der Waals surface area (Å²) in [6.45, 7) is 2.63. The van der Waals surface area contributed by atoms with Crippen LogP contribution < -0.4 is 10.1 Å². The molecule has 4 rings (SSSR count). The second-order valence-corrected chi connectivity index (χ2v) is 9.03. The predicted octanol–water partition coefficient (Wildman–Crippen LogP) is 1.92. The number of nitro groups is 1. The third-order valence-corrected chi connectivity index (χ3v) is 6.68. The van der Waals surface area contributed by atoms with E-state index in [1.807, 2.05) is 12.2 Å². The van der Waals surface area contributed by atoms with E-state index < -0.39 is 47.2 Å². The average Bonchev–Trinajstić information content (AvgIpc) is 3.47. The van der Waals surface area contributed by atoms with E-state index in [0.29, 0.717) is 0 Å². The van der Waals surface area contributed by atoms with Crippen molar-refractivity contribution in [3.8, 4) is 5.75 Å². The molecule has 0 unspecified atom stereocenters. The number of ether oxygens (including phenoxy) is 2. The van der Waals surface area contributed by atoms with Crippen LogP contribution in [0.15, 0.2) is 30.4 Å². The van der Waals surface area contributed by atoms with Gasteiger partial charge in [0.1, 0.15) is 17.5 Å². The minimum absolute atomic E-state index is 0.00437. The summed E-state index contributed by atoms with van der Waals surface area (Å²) in [5.74, 6) is -3.49. The molecule has 5 atom stereocenters. The highest BCUT2D eigenvalue weighted by molar-refractivity contribution is 6.09. The molecule has 1 aliphatic heterocycles. The van der Waals surface area contributed by atoms with Gasteiger partial charge in [-0.3, -0.25) is 29.4 Å². The van der Waals surface area contributed by atoms with Gasteiger partial charge in [-0.05, 0) is 30.2 Å². The molecule has 180 valence electrons. The van der Waals surface area contributed by atoms with Crippen molar-refractivity contribution in [2.45, 2.75) is 26.3 Å². The molecule has 11 nitrogen and oxygen atoms in total. The van der Waals surface area contributed by atoms with Crippen LogP contribution in [0.1, 0.15) is 20.3 Å². The standard InChI is InChI=1S/C23H25N3O8/c1-11(2)20(25-21(28)18-12-4-5-13(8-12)19(18)22(25)29)23(30)34-10-17(27)24-15-9-14(33-3)6-7-16(15)26(31)32/h4-7,9,11-13,18-20H,8,10H2,1-3H3,(H,24,27)/t12-,13-,18+,19+,20-/m0/s1. The second-order valence-electron chi connectivity index (χ2n) is 9.03. The lowest BCUT2D eigenvalue weighted by Crippen LogP contribution is -2.50. The fourth-order valence-corrected chi connectivity index (χ4v) is 5.19. The number of hydrogen-bond acceptors (Lipinski definition) is 8. The number of rotatable bonds is 8. The van der Waals surface area contributed by atoms with Crippen LogP contribution in [0.3, 0.4) is 0 Å². The predicted molar refractivity (Wildman–Crippen MR) is 117 cm³/mol. The highest BCUT2D eigenvalue weighted by Gasteiger charge is 2.61. The van der Waals surface area contributed by atoms with E-state index in [2.05, 4.69) is 5.32 Å². The Balaban J connectivity index is 1.44. The van der Waals surface area contributed by atoms with Crippen molar-refractivity contribution in [3.05, 3.63) is 40.5 Å². The van der Waals surface area contributed by atoms with Crippen molar-refractivity contribution in [2.75, 3.05) is 19.0 Å². The molecule has 3 amide bonds. The van der Waals surface area contributed by atoms with Gasteiger partial charge in [0.05, 0.1) is 23.9 Å². The SMILES string of the molecule is COc1ccc([N+](=O)[O-])c(NC(=O)COC(=O)[C@H](C(C)C)N2C(=O)[C@H]3[C@H](C2=O)[C@H]2C=C[C@H]3C2)c1. The van der Waals surface area contributed by atoms with Gasteiger partial charge >= 0.3 is 5.97 Å². The maximum atomic E-state index is 13.1. The van der Waals surface area contributed by atoms with E-state index in [0.717, 1.165) is 11.3 Å². The molecule has 34 heavy (non-hydrogen) atoms. The van der Waals surface area contributed by atoms with Gasteiger partial charge in [0.2, 0.25) is 11.8 Å². The molecule has 0 aromatic heterocycles. The molecule has 1 aromatic carbocycles. The first-order valence-electron chi connectivity index (χ1n) is 11.0. The normalized spacial score (nSPS) is 25.5. The number of methoxy groups -OCH3 is 1. The number of esters is 1. The zero-order valence-corrected chi connectivity index (χ0v) is 18.9. The number of allylic oxidation sites excluding steroid dienone is 2. The molecule has 1 heterocycles. The number of fused-ring (bicyclic) bond motifs is 5. The van der Waals surface area contributed by atoms with E-state index in [1.165, 1.54) is 25.3 Å². The van der Waals surface area contributed by atoms with Crippen molar-refractivity contribution in [2.24, 2.45) is 29.6 Å². The fraction of sp³-hybridized carbons (Fsp3) is 0.478. The molecular formula is C23H25N3O8. The molecule has 11 heteroatoms. The zero-order chi connectivity index (χ0) is 24.7. The molecule has 1 aromatic rings. The number of benzene rings is 1. The highest BCUT2D eigenvalue weighted by Crippen LogP contribution is 2.53. The molecule has 0 spiro atoms. The van der Waals surface area contributed by atoms with E-state index in [9.17, 15) is 29.3 Å². The number of hydrogen-bond donors (Lipinski definition) is 1. The largest absolute Gasteiger partial charge is 0.497 e. The number of likely N-dealkylation sites (tertiary alicyclic amines) is 1. The Hall–Kier alpha value is -3.76. The number of nitro benzene ring substituents is 1. The highest BCUT2D eigenvalue weighted by atomic mass is 16.6. The summed E-state index contributed by atoms with van der Waals surface area (Å²) in [5, 5.41) is 13.6. The Morgan fingerprint density at radius 1 is 1.18 bits per heavy atom. The van der Waals surface area contributed by atoms with Gasteiger partial charge in [0.15, 0.2) is 6.61 Å². The molecule has 3 aliphatic rings. The van der Waals surface area contributed by atoms with Crippen molar-refractivity contribution in [1.29, 1.82) is 0 Å². The summed E-state index contributed by atoms with van der Waals surface area (Å²) < 4.78 is 10.2. The zero-order valence-electron chi connectivity index (χ0n) is 18.9. The van der Waals surface area contributed by atoms with Crippen LogP contribution in [0.5, 0.6) is 5.75 Å². The summed E-state index contributed by atoms with van der Waals surface area (Å²) in [6.07, 6.45) is 4.70. The van der Waals surface area contributed by atoms with Crippen LogP contribution in [-0.2, 0) is 23.9 Å². The van der Waals surface area contributed by atoms with Gasteiger partial charge in [-0.2, -0.15) is 0 Å². The van der Waals surface area contributed by atoms with E-state index in [1.54, 1.807) is 13.8 Å². The number of anilines is 1. The summed E-state index contributed by atoms with van der Waals surface area (Å²) in [4.78, 5) is 63.0. The van der Waals surface area contributed by atoms with Gasteiger partial charge < -0.3 is 14.8 Å². The van der Waals surface area contributed by atoms with Crippen LogP contribution in [0.25, 0.3) is 0 Å². The number of carbonyl (C=O) groups excluding carboxylic acids is 4. The summed E-state index contributed by atoms with van der Waals surface area (Å²) in [7, 11) is 1.37. The third kappa shape index (κ3) is 3.91.